The fraction of sp³-hybridized carbons (Fsp3) is 1.00. The lowest BCUT2D eigenvalue weighted by Gasteiger charge is -2.17. The number of aliphatic hydroxyl groups excluding tert-OH is 1. The Morgan fingerprint density at radius 2 is 2.00 bits per heavy atom. The van der Waals surface area contributed by atoms with Crippen molar-refractivity contribution < 1.29 is 19.3 Å². The lowest BCUT2D eigenvalue weighted by molar-refractivity contribution is -0.153. The van der Waals surface area contributed by atoms with Crippen LogP contribution in [0.5, 0.6) is 0 Å². The van der Waals surface area contributed by atoms with E-state index in [1.807, 2.05) is 0 Å². The zero-order valence-electron chi connectivity index (χ0n) is 5.58. The van der Waals surface area contributed by atoms with Crippen LogP contribution in [-0.2, 0) is 14.2 Å². The number of ether oxygens (including phenoxy) is 3. The first kappa shape index (κ1) is 6.54. The van der Waals surface area contributed by atoms with Crippen molar-refractivity contribution in [2.75, 3.05) is 19.8 Å². The summed E-state index contributed by atoms with van der Waals surface area (Å²) in [5, 5.41) is 8.97. The second kappa shape index (κ2) is 2.17. The van der Waals surface area contributed by atoms with E-state index in [0.717, 1.165) is 0 Å². The summed E-state index contributed by atoms with van der Waals surface area (Å²) in [6.07, 6.45) is -0.273. The summed E-state index contributed by atoms with van der Waals surface area (Å²) in [5.41, 5.74) is 0. The molecule has 0 radical (unpaired) electrons. The predicted octanol–water partition coefficient (Wildman–Crippen LogP) is -0.532. The zero-order valence-corrected chi connectivity index (χ0v) is 5.58. The monoisotopic (exact) mass is 146 g/mol. The van der Waals surface area contributed by atoms with Crippen LogP contribution in [-0.4, -0.2) is 37.0 Å². The van der Waals surface area contributed by atoms with Crippen molar-refractivity contribution >= 4 is 0 Å². The summed E-state index contributed by atoms with van der Waals surface area (Å²) < 4.78 is 15.4. The Hall–Kier alpha value is -0.160. The van der Waals surface area contributed by atoms with E-state index in [1.165, 1.54) is 0 Å². The van der Waals surface area contributed by atoms with Crippen molar-refractivity contribution in [3.63, 3.8) is 0 Å². The maximum atomic E-state index is 8.97. The quantitative estimate of drug-likeness (QED) is 0.499. The van der Waals surface area contributed by atoms with Crippen molar-refractivity contribution in [3.8, 4) is 0 Å². The van der Waals surface area contributed by atoms with E-state index in [9.17, 15) is 0 Å². The third kappa shape index (κ3) is 0.932. The van der Waals surface area contributed by atoms with Gasteiger partial charge in [0.1, 0.15) is 6.61 Å². The van der Waals surface area contributed by atoms with Gasteiger partial charge in [-0.05, 0) is 0 Å². The van der Waals surface area contributed by atoms with E-state index in [2.05, 4.69) is 0 Å². The highest BCUT2D eigenvalue weighted by Crippen LogP contribution is 2.31. The molecule has 0 aromatic heterocycles. The largest absolute Gasteiger partial charge is 0.368 e. The second-order valence-corrected chi connectivity index (χ2v) is 2.58. The van der Waals surface area contributed by atoms with Crippen molar-refractivity contribution in [2.45, 2.75) is 18.5 Å². The number of rotatable bonds is 0. The molecule has 2 heterocycles. The molecule has 2 fully saturated rings. The number of aliphatic hydroxyl groups is 1. The molecule has 0 saturated carbocycles. The van der Waals surface area contributed by atoms with E-state index >= 15 is 0 Å². The summed E-state index contributed by atoms with van der Waals surface area (Å²) >= 11 is 0. The van der Waals surface area contributed by atoms with Gasteiger partial charge in [0.2, 0.25) is 0 Å². The fourth-order valence-electron chi connectivity index (χ4n) is 1.31. The molecule has 2 saturated heterocycles. The average Bonchev–Trinajstić information content (AvgIpc) is 2.46. The normalized spacial score (nSPS) is 37.5. The van der Waals surface area contributed by atoms with Crippen LogP contribution in [0.4, 0.5) is 0 Å². The van der Waals surface area contributed by atoms with E-state index < -0.39 is 12.1 Å². The van der Waals surface area contributed by atoms with Gasteiger partial charge >= 0.3 is 0 Å². The lowest BCUT2D eigenvalue weighted by atomic mass is 10.2. The molecule has 1 atom stereocenters. The molecule has 4 heteroatoms. The highest BCUT2D eigenvalue weighted by molar-refractivity contribution is 4.80. The van der Waals surface area contributed by atoms with Gasteiger partial charge in [-0.3, -0.25) is 0 Å². The maximum absolute atomic E-state index is 8.97. The molecular formula is C6H10O4. The minimum atomic E-state index is -0.710. The van der Waals surface area contributed by atoms with Gasteiger partial charge < -0.3 is 19.3 Å². The van der Waals surface area contributed by atoms with Gasteiger partial charge in [0, 0.05) is 0 Å². The average molecular weight is 146 g/mol. The molecule has 0 aromatic carbocycles. The zero-order chi connectivity index (χ0) is 7.03. The van der Waals surface area contributed by atoms with Gasteiger partial charge in [-0.1, -0.05) is 0 Å². The molecule has 0 amide bonds. The van der Waals surface area contributed by atoms with Crippen LogP contribution in [0.25, 0.3) is 0 Å². The molecular weight excluding hydrogens is 136 g/mol. The molecule has 1 N–H and O–H groups in total. The van der Waals surface area contributed by atoms with Crippen LogP contribution in [0.2, 0.25) is 0 Å². The molecule has 0 bridgehead atoms. The maximum Gasteiger partial charge on any atom is 0.196 e. The van der Waals surface area contributed by atoms with E-state index in [1.54, 1.807) is 0 Å². The Kier molecular flexibility index (Phi) is 1.42. The lowest BCUT2D eigenvalue weighted by Crippen LogP contribution is -2.30. The van der Waals surface area contributed by atoms with Crippen molar-refractivity contribution in [1.29, 1.82) is 0 Å². The number of hydrogen-bond acceptors (Lipinski definition) is 4. The van der Waals surface area contributed by atoms with Gasteiger partial charge in [-0.25, -0.2) is 0 Å². The van der Waals surface area contributed by atoms with E-state index in [-0.39, 0.29) is 0 Å². The van der Waals surface area contributed by atoms with Crippen molar-refractivity contribution in [2.24, 2.45) is 0 Å². The summed E-state index contributed by atoms with van der Waals surface area (Å²) in [6.45, 7) is 1.57. The third-order valence-electron chi connectivity index (χ3n) is 1.79. The standard InChI is InChI=1S/C6H10O4/c7-5-3-6(4-8-5)9-1-2-10-6/h5,7H,1-4H2. The van der Waals surface area contributed by atoms with Crippen LogP contribution in [0.15, 0.2) is 0 Å². The highest BCUT2D eigenvalue weighted by Gasteiger charge is 2.44. The summed E-state index contributed by atoms with van der Waals surface area (Å²) in [5.74, 6) is -0.612. The minimum absolute atomic E-state index is 0.355. The second-order valence-electron chi connectivity index (χ2n) is 2.58. The van der Waals surface area contributed by atoms with E-state index in [0.29, 0.717) is 26.2 Å². The van der Waals surface area contributed by atoms with Crippen molar-refractivity contribution in [3.05, 3.63) is 0 Å². The van der Waals surface area contributed by atoms with Crippen LogP contribution in [0.1, 0.15) is 6.42 Å². The molecule has 0 aliphatic carbocycles. The number of hydrogen-bond donors (Lipinski definition) is 1. The third-order valence-corrected chi connectivity index (χ3v) is 1.79. The Morgan fingerprint density at radius 3 is 2.50 bits per heavy atom. The van der Waals surface area contributed by atoms with Gasteiger partial charge in [0.05, 0.1) is 19.6 Å². The molecule has 2 aliphatic heterocycles. The Labute approximate surface area is 58.7 Å². The van der Waals surface area contributed by atoms with Crippen LogP contribution >= 0.6 is 0 Å². The van der Waals surface area contributed by atoms with Gasteiger partial charge in [0.15, 0.2) is 12.1 Å². The molecule has 0 aromatic rings. The molecule has 4 nitrogen and oxygen atoms in total. The van der Waals surface area contributed by atoms with E-state index in [4.69, 9.17) is 19.3 Å². The smallest absolute Gasteiger partial charge is 0.196 e. The van der Waals surface area contributed by atoms with Gasteiger partial charge in [-0.2, -0.15) is 0 Å². The topological polar surface area (TPSA) is 47.9 Å². The molecule has 58 valence electrons. The Bertz CT molecular complexity index is 130. The first-order valence-corrected chi connectivity index (χ1v) is 3.38. The Morgan fingerprint density at radius 1 is 1.30 bits per heavy atom. The fourth-order valence-corrected chi connectivity index (χ4v) is 1.31. The van der Waals surface area contributed by atoms with Crippen LogP contribution in [0, 0.1) is 0 Å². The van der Waals surface area contributed by atoms with Crippen LogP contribution < -0.4 is 0 Å². The minimum Gasteiger partial charge on any atom is -0.368 e. The Balaban J connectivity index is 2.03. The summed E-state index contributed by atoms with van der Waals surface area (Å²) in [6, 6.07) is 0. The molecule has 2 rings (SSSR count). The first-order chi connectivity index (χ1) is 4.81. The highest BCUT2D eigenvalue weighted by atomic mass is 16.8. The molecule has 2 aliphatic rings. The molecule has 10 heavy (non-hydrogen) atoms. The predicted molar refractivity (Wildman–Crippen MR) is 31.2 cm³/mol. The summed E-state index contributed by atoms with van der Waals surface area (Å²) in [4.78, 5) is 0. The SMILES string of the molecule is OC1CC2(CO1)OCCO2. The van der Waals surface area contributed by atoms with Crippen molar-refractivity contribution in [1.82, 2.24) is 0 Å². The summed E-state index contributed by atoms with van der Waals surface area (Å²) in [7, 11) is 0. The van der Waals surface area contributed by atoms with Crippen LogP contribution in [0.3, 0.4) is 0 Å². The first-order valence-electron chi connectivity index (χ1n) is 3.38. The van der Waals surface area contributed by atoms with Gasteiger partial charge in [0.25, 0.3) is 0 Å². The van der Waals surface area contributed by atoms with Gasteiger partial charge in [-0.15, -0.1) is 0 Å². The molecule has 1 unspecified atom stereocenters. The molecule has 1 spiro atoms.